The van der Waals surface area contributed by atoms with E-state index in [0.29, 0.717) is 0 Å². The highest BCUT2D eigenvalue weighted by Gasteiger charge is 2.23. The molecule has 1 aliphatic rings. The van der Waals surface area contributed by atoms with Gasteiger partial charge in [-0.3, -0.25) is 0 Å². The summed E-state index contributed by atoms with van der Waals surface area (Å²) in [7, 11) is 0. The van der Waals surface area contributed by atoms with Crippen LogP contribution in [0, 0.1) is 6.07 Å². The summed E-state index contributed by atoms with van der Waals surface area (Å²) < 4.78 is 0. The van der Waals surface area contributed by atoms with E-state index in [2.05, 4.69) is 32.0 Å². The Bertz CT molecular complexity index is 235. The van der Waals surface area contributed by atoms with Crippen LogP contribution in [0.15, 0.2) is 18.2 Å². The van der Waals surface area contributed by atoms with Crippen LogP contribution in [0.5, 0.6) is 0 Å². The van der Waals surface area contributed by atoms with E-state index in [1.807, 2.05) is 6.07 Å². The van der Waals surface area contributed by atoms with Crippen molar-refractivity contribution in [2.24, 2.45) is 0 Å². The fourth-order valence-corrected chi connectivity index (χ4v) is 2.09. The molecule has 0 nitrogen and oxygen atoms in total. The molecule has 2 rings (SSSR count). The van der Waals surface area contributed by atoms with Gasteiger partial charge < -0.3 is 0 Å². The number of rotatable bonds is 0. The second-order valence-corrected chi connectivity index (χ2v) is 3.58. The van der Waals surface area contributed by atoms with Gasteiger partial charge in [-0.2, -0.15) is 0 Å². The van der Waals surface area contributed by atoms with Crippen LogP contribution in [-0.4, -0.2) is 0 Å². The summed E-state index contributed by atoms with van der Waals surface area (Å²) in [6, 6.07) is 9.68. The van der Waals surface area contributed by atoms with Crippen LogP contribution < -0.4 is 0 Å². The number of hydrogen-bond acceptors (Lipinski definition) is 0. The molecule has 0 aromatic heterocycles. The van der Waals surface area contributed by atoms with Crippen molar-refractivity contribution in [3.63, 3.8) is 0 Å². The maximum absolute atomic E-state index is 3.33. The standard InChI is InChI=1S/C11H13/c1-8-7-9(2)11-6-4-3-5-10(8)11/h3-5,8-9H,7H2,1-2H3. The van der Waals surface area contributed by atoms with Crippen LogP contribution in [0.2, 0.25) is 0 Å². The van der Waals surface area contributed by atoms with Crippen LogP contribution >= 0.6 is 0 Å². The summed E-state index contributed by atoms with van der Waals surface area (Å²) in [6.07, 6.45) is 1.30. The van der Waals surface area contributed by atoms with Crippen molar-refractivity contribution in [3.8, 4) is 0 Å². The van der Waals surface area contributed by atoms with Gasteiger partial charge in [-0.1, -0.05) is 32.0 Å². The molecule has 0 heteroatoms. The van der Waals surface area contributed by atoms with E-state index in [9.17, 15) is 0 Å². The predicted octanol–water partition coefficient (Wildman–Crippen LogP) is 3.10. The van der Waals surface area contributed by atoms with Crippen LogP contribution in [0.4, 0.5) is 0 Å². The van der Waals surface area contributed by atoms with Crippen LogP contribution in [0.3, 0.4) is 0 Å². The molecule has 0 aliphatic heterocycles. The lowest BCUT2D eigenvalue weighted by Crippen LogP contribution is -1.84. The van der Waals surface area contributed by atoms with E-state index >= 15 is 0 Å². The van der Waals surface area contributed by atoms with Gasteiger partial charge in [0.25, 0.3) is 0 Å². The van der Waals surface area contributed by atoms with Crippen LogP contribution in [0.25, 0.3) is 0 Å². The van der Waals surface area contributed by atoms with Crippen LogP contribution in [-0.2, 0) is 0 Å². The molecular weight excluding hydrogens is 132 g/mol. The average molecular weight is 145 g/mol. The van der Waals surface area contributed by atoms with Gasteiger partial charge >= 0.3 is 0 Å². The molecule has 2 unspecified atom stereocenters. The first kappa shape index (κ1) is 6.90. The van der Waals surface area contributed by atoms with Gasteiger partial charge in [0, 0.05) is 0 Å². The normalized spacial score (nSPS) is 28.5. The molecule has 0 fully saturated rings. The topological polar surface area (TPSA) is 0 Å². The minimum Gasteiger partial charge on any atom is -0.0613 e. The third-order valence-corrected chi connectivity index (χ3v) is 2.65. The molecule has 0 N–H and O–H groups in total. The Morgan fingerprint density at radius 2 is 2.18 bits per heavy atom. The van der Waals surface area contributed by atoms with Gasteiger partial charge in [0.05, 0.1) is 0 Å². The maximum Gasteiger partial charge on any atom is -0.0143 e. The number of hydrogen-bond donors (Lipinski definition) is 0. The third kappa shape index (κ3) is 0.973. The summed E-state index contributed by atoms with van der Waals surface area (Å²) >= 11 is 0. The highest BCUT2D eigenvalue weighted by molar-refractivity contribution is 5.36. The van der Waals surface area contributed by atoms with Crippen molar-refractivity contribution >= 4 is 0 Å². The Morgan fingerprint density at radius 3 is 2.91 bits per heavy atom. The minimum atomic E-state index is 0.723. The second kappa shape index (κ2) is 2.37. The average Bonchev–Trinajstić information content (AvgIpc) is 2.30. The van der Waals surface area contributed by atoms with Crippen molar-refractivity contribution in [1.29, 1.82) is 0 Å². The first-order valence-corrected chi connectivity index (χ1v) is 4.29. The van der Waals surface area contributed by atoms with E-state index in [0.717, 1.165) is 11.8 Å². The molecule has 2 atom stereocenters. The second-order valence-electron chi connectivity index (χ2n) is 3.58. The third-order valence-electron chi connectivity index (χ3n) is 2.65. The van der Waals surface area contributed by atoms with Gasteiger partial charge in [0.1, 0.15) is 0 Å². The van der Waals surface area contributed by atoms with E-state index in [1.165, 1.54) is 17.5 Å². The molecule has 0 saturated carbocycles. The highest BCUT2D eigenvalue weighted by atomic mass is 14.3. The first-order chi connectivity index (χ1) is 5.29. The molecular formula is C11H13. The molecule has 57 valence electrons. The molecule has 1 aromatic rings. The number of fused-ring (bicyclic) bond motifs is 1. The maximum atomic E-state index is 3.33. The monoisotopic (exact) mass is 145 g/mol. The van der Waals surface area contributed by atoms with Crippen molar-refractivity contribution in [3.05, 3.63) is 35.4 Å². The first-order valence-electron chi connectivity index (χ1n) is 4.29. The zero-order valence-electron chi connectivity index (χ0n) is 7.09. The Labute approximate surface area is 68.3 Å². The van der Waals surface area contributed by atoms with Gasteiger partial charge in [-0.25, -0.2) is 0 Å². The molecule has 0 spiro atoms. The Balaban J connectivity index is 2.52. The van der Waals surface area contributed by atoms with Gasteiger partial charge in [0.2, 0.25) is 0 Å². The zero-order valence-corrected chi connectivity index (χ0v) is 7.09. The number of benzene rings is 1. The van der Waals surface area contributed by atoms with Crippen molar-refractivity contribution in [2.45, 2.75) is 32.1 Å². The molecule has 11 heavy (non-hydrogen) atoms. The van der Waals surface area contributed by atoms with Gasteiger partial charge in [-0.05, 0) is 35.4 Å². The van der Waals surface area contributed by atoms with E-state index < -0.39 is 0 Å². The lowest BCUT2D eigenvalue weighted by molar-refractivity contribution is 0.661. The Hall–Kier alpha value is -0.780. The van der Waals surface area contributed by atoms with E-state index in [4.69, 9.17) is 0 Å². The summed E-state index contributed by atoms with van der Waals surface area (Å²) in [6.45, 7) is 4.59. The fraction of sp³-hybridized carbons (Fsp3) is 0.455. The zero-order chi connectivity index (χ0) is 7.84. The summed E-state index contributed by atoms with van der Waals surface area (Å²) in [5.74, 6) is 1.47. The van der Waals surface area contributed by atoms with Crippen molar-refractivity contribution < 1.29 is 0 Å². The molecule has 1 aliphatic carbocycles. The van der Waals surface area contributed by atoms with Gasteiger partial charge in [-0.15, -0.1) is 0 Å². The smallest absolute Gasteiger partial charge is 0.0143 e. The lowest BCUT2D eigenvalue weighted by atomic mass is 10.0. The summed E-state index contributed by atoms with van der Waals surface area (Å²) in [5, 5.41) is 0. The van der Waals surface area contributed by atoms with E-state index in [-0.39, 0.29) is 0 Å². The summed E-state index contributed by atoms with van der Waals surface area (Å²) in [5.41, 5.74) is 2.96. The van der Waals surface area contributed by atoms with Crippen molar-refractivity contribution in [2.75, 3.05) is 0 Å². The summed E-state index contributed by atoms with van der Waals surface area (Å²) in [4.78, 5) is 0. The van der Waals surface area contributed by atoms with Crippen molar-refractivity contribution in [1.82, 2.24) is 0 Å². The molecule has 0 saturated heterocycles. The van der Waals surface area contributed by atoms with E-state index in [1.54, 1.807) is 0 Å². The van der Waals surface area contributed by atoms with Gasteiger partial charge in [0.15, 0.2) is 0 Å². The molecule has 1 aromatic carbocycles. The highest BCUT2D eigenvalue weighted by Crippen LogP contribution is 2.40. The Morgan fingerprint density at radius 1 is 1.36 bits per heavy atom. The largest absolute Gasteiger partial charge is 0.0613 e. The molecule has 0 bridgehead atoms. The van der Waals surface area contributed by atoms with Crippen LogP contribution in [0.1, 0.15) is 43.2 Å². The fourth-order valence-electron chi connectivity index (χ4n) is 2.09. The molecule has 1 radical (unpaired) electrons. The lowest BCUT2D eigenvalue weighted by Gasteiger charge is -2.01. The predicted molar refractivity (Wildman–Crippen MR) is 46.7 cm³/mol. The minimum absolute atomic E-state index is 0.723. The molecule has 0 heterocycles. The Kier molecular flexibility index (Phi) is 1.49. The quantitative estimate of drug-likeness (QED) is 0.526. The SMILES string of the molecule is CC1CC(C)c2ccc[c]c21. The molecule has 0 amide bonds.